The van der Waals surface area contributed by atoms with Crippen LogP contribution in [0.1, 0.15) is 33.1 Å². The lowest BCUT2D eigenvalue weighted by molar-refractivity contribution is -0.132. The highest BCUT2D eigenvalue weighted by atomic mass is 16.4. The molecule has 2 rings (SSSR count). The molecule has 2 N–H and O–H groups in total. The largest absolute Gasteiger partial charge is 0.477 e. The molecule has 0 unspecified atom stereocenters. The lowest BCUT2D eigenvalue weighted by atomic mass is 10.1. The van der Waals surface area contributed by atoms with Gasteiger partial charge in [0, 0.05) is 22.5 Å². The number of rotatable bonds is 4. The predicted molar refractivity (Wildman–Crippen MR) is 85.8 cm³/mol. The van der Waals surface area contributed by atoms with Gasteiger partial charge in [0.15, 0.2) is 0 Å². The fourth-order valence-electron chi connectivity index (χ4n) is 2.18. The summed E-state index contributed by atoms with van der Waals surface area (Å²) in [4.78, 5) is 32.0. The Morgan fingerprint density at radius 2 is 1.61 bits per heavy atom. The molecule has 1 aromatic carbocycles. The number of benzene rings is 1. The van der Waals surface area contributed by atoms with Gasteiger partial charge in [-0.1, -0.05) is 18.2 Å². The molecule has 0 fully saturated rings. The van der Waals surface area contributed by atoms with Gasteiger partial charge in [-0.05, 0) is 39.0 Å². The first-order valence-electron chi connectivity index (χ1n) is 7.01. The van der Waals surface area contributed by atoms with E-state index >= 15 is 0 Å². The Morgan fingerprint density at radius 3 is 2.13 bits per heavy atom. The number of nitrogens with zero attached hydrogens (tertiary/aromatic N) is 2. The minimum Gasteiger partial charge on any atom is -0.477 e. The minimum absolute atomic E-state index is 0.225. The number of amides is 1. The highest BCUT2D eigenvalue weighted by Crippen LogP contribution is 2.14. The second-order valence-corrected chi connectivity index (χ2v) is 5.04. The zero-order valence-electron chi connectivity index (χ0n) is 13.1. The molecule has 0 saturated carbocycles. The van der Waals surface area contributed by atoms with Gasteiger partial charge in [0.25, 0.3) is 5.91 Å². The molecule has 0 aliphatic heterocycles. The fourth-order valence-corrected chi connectivity index (χ4v) is 2.18. The fraction of sp³-hybridized carbons (Fsp3) is 0.176. The molecule has 0 aliphatic rings. The number of aliphatic carboxylic acids is 1. The number of carbonyl (C=O) groups is 2. The summed E-state index contributed by atoms with van der Waals surface area (Å²) >= 11 is 0. The van der Waals surface area contributed by atoms with Crippen molar-refractivity contribution >= 4 is 18.0 Å². The van der Waals surface area contributed by atoms with Gasteiger partial charge < -0.3 is 10.4 Å². The molecule has 0 bridgehead atoms. The Labute approximate surface area is 133 Å². The molecule has 6 heteroatoms. The zero-order chi connectivity index (χ0) is 17.0. The van der Waals surface area contributed by atoms with Crippen molar-refractivity contribution in [2.75, 3.05) is 0 Å². The van der Waals surface area contributed by atoms with Crippen LogP contribution < -0.4 is 5.32 Å². The van der Waals surface area contributed by atoms with Crippen molar-refractivity contribution in [1.29, 1.82) is 0 Å². The van der Waals surface area contributed by atoms with Crippen LogP contribution in [0.3, 0.4) is 0 Å². The van der Waals surface area contributed by atoms with Gasteiger partial charge in [0.1, 0.15) is 11.5 Å². The average molecular weight is 311 g/mol. The van der Waals surface area contributed by atoms with Crippen LogP contribution in [0.15, 0.2) is 36.0 Å². The number of hydrogen-bond donors (Lipinski definition) is 2. The van der Waals surface area contributed by atoms with Crippen LogP contribution in [-0.2, 0) is 4.79 Å². The summed E-state index contributed by atoms with van der Waals surface area (Å²) < 4.78 is 0. The van der Waals surface area contributed by atoms with Crippen molar-refractivity contribution < 1.29 is 14.7 Å². The van der Waals surface area contributed by atoms with Gasteiger partial charge in [-0.3, -0.25) is 4.79 Å². The Hall–Kier alpha value is -3.02. The topological polar surface area (TPSA) is 92.2 Å². The van der Waals surface area contributed by atoms with Crippen LogP contribution in [0.2, 0.25) is 0 Å². The first kappa shape index (κ1) is 16.4. The van der Waals surface area contributed by atoms with Crippen LogP contribution >= 0.6 is 0 Å². The summed E-state index contributed by atoms with van der Waals surface area (Å²) in [5.74, 6) is -1.10. The Morgan fingerprint density at radius 1 is 1.04 bits per heavy atom. The highest BCUT2D eigenvalue weighted by Gasteiger charge is 2.15. The third-order valence-corrected chi connectivity index (χ3v) is 3.24. The second kappa shape index (κ2) is 6.83. The molecule has 23 heavy (non-hydrogen) atoms. The molecule has 0 radical (unpaired) electrons. The number of nitrogens with one attached hydrogen (secondary N) is 1. The van der Waals surface area contributed by atoms with Crippen molar-refractivity contribution in [2.24, 2.45) is 0 Å². The monoisotopic (exact) mass is 311 g/mol. The first-order chi connectivity index (χ1) is 10.9. The molecule has 0 saturated heterocycles. The van der Waals surface area contributed by atoms with Crippen molar-refractivity contribution in [3.8, 4) is 0 Å². The van der Waals surface area contributed by atoms with Gasteiger partial charge in [-0.2, -0.15) is 0 Å². The van der Waals surface area contributed by atoms with E-state index in [4.69, 9.17) is 0 Å². The maximum atomic E-state index is 12.1. The third kappa shape index (κ3) is 4.00. The lowest BCUT2D eigenvalue weighted by Crippen LogP contribution is -2.27. The highest BCUT2D eigenvalue weighted by molar-refractivity contribution is 6.02. The van der Waals surface area contributed by atoms with Crippen molar-refractivity contribution in [2.45, 2.75) is 20.8 Å². The van der Waals surface area contributed by atoms with Gasteiger partial charge in [0.2, 0.25) is 0 Å². The molecular weight excluding hydrogens is 294 g/mol. The van der Waals surface area contributed by atoms with Crippen molar-refractivity contribution in [3.05, 3.63) is 64.4 Å². The molecule has 0 spiro atoms. The van der Waals surface area contributed by atoms with Crippen molar-refractivity contribution in [1.82, 2.24) is 15.3 Å². The van der Waals surface area contributed by atoms with E-state index in [0.29, 0.717) is 28.3 Å². The Balaban J connectivity index is 2.36. The molecule has 2 aromatic rings. The molecule has 1 aromatic heterocycles. The summed E-state index contributed by atoms with van der Waals surface area (Å²) in [6.07, 6.45) is 1.38. The van der Waals surface area contributed by atoms with Crippen molar-refractivity contribution in [3.63, 3.8) is 0 Å². The third-order valence-electron chi connectivity index (χ3n) is 3.24. The van der Waals surface area contributed by atoms with E-state index in [9.17, 15) is 14.7 Å². The quantitative estimate of drug-likeness (QED) is 0.845. The number of carboxylic acids is 1. The van der Waals surface area contributed by atoms with Gasteiger partial charge >= 0.3 is 5.97 Å². The van der Waals surface area contributed by atoms with Crippen LogP contribution in [0, 0.1) is 20.8 Å². The molecule has 6 nitrogen and oxygen atoms in total. The van der Waals surface area contributed by atoms with E-state index in [1.54, 1.807) is 51.1 Å². The van der Waals surface area contributed by atoms with Crippen LogP contribution in [0.25, 0.3) is 6.08 Å². The molecular formula is C17H17N3O3. The zero-order valence-corrected chi connectivity index (χ0v) is 13.1. The standard InChI is InChI=1S/C17H17N3O3/c1-10-14(11(2)19-12(3)18-10)9-15(17(22)23)20-16(21)13-7-5-4-6-8-13/h4-9H,1-3H3,(H,20,21)(H,22,23)/b15-9+. The van der Waals surface area contributed by atoms with Crippen LogP contribution in [0.4, 0.5) is 0 Å². The van der Waals surface area contributed by atoms with E-state index < -0.39 is 11.9 Å². The lowest BCUT2D eigenvalue weighted by Gasteiger charge is -2.09. The molecule has 118 valence electrons. The van der Waals surface area contributed by atoms with E-state index in [1.165, 1.54) is 6.08 Å². The van der Waals surface area contributed by atoms with Crippen LogP contribution in [0.5, 0.6) is 0 Å². The van der Waals surface area contributed by atoms with E-state index in [2.05, 4.69) is 15.3 Å². The predicted octanol–water partition coefficient (Wildman–Crippen LogP) is 2.26. The van der Waals surface area contributed by atoms with E-state index in [-0.39, 0.29) is 5.70 Å². The summed E-state index contributed by atoms with van der Waals surface area (Å²) in [6.45, 7) is 5.31. The minimum atomic E-state index is -1.23. The number of carbonyl (C=O) groups excluding carboxylic acids is 1. The average Bonchev–Trinajstić information content (AvgIpc) is 2.50. The molecule has 1 amide bonds. The van der Waals surface area contributed by atoms with Gasteiger partial charge in [-0.15, -0.1) is 0 Å². The number of aryl methyl sites for hydroxylation is 3. The van der Waals surface area contributed by atoms with E-state index in [1.807, 2.05) is 0 Å². The maximum absolute atomic E-state index is 12.1. The SMILES string of the molecule is Cc1nc(C)c(/C=C(/NC(=O)c2ccccc2)C(=O)O)c(C)n1. The number of aromatic nitrogens is 2. The van der Waals surface area contributed by atoms with Crippen LogP contribution in [-0.4, -0.2) is 27.0 Å². The molecule has 0 atom stereocenters. The normalized spacial score (nSPS) is 11.2. The Bertz CT molecular complexity index is 760. The summed E-state index contributed by atoms with van der Waals surface area (Å²) in [6, 6.07) is 8.42. The number of hydrogen-bond acceptors (Lipinski definition) is 4. The van der Waals surface area contributed by atoms with Gasteiger partial charge in [-0.25, -0.2) is 14.8 Å². The second-order valence-electron chi connectivity index (χ2n) is 5.04. The summed E-state index contributed by atoms with van der Waals surface area (Å²) in [5, 5.41) is 11.8. The Kier molecular flexibility index (Phi) is 4.85. The maximum Gasteiger partial charge on any atom is 0.352 e. The van der Waals surface area contributed by atoms with Gasteiger partial charge in [0.05, 0.1) is 0 Å². The smallest absolute Gasteiger partial charge is 0.352 e. The molecule has 0 aliphatic carbocycles. The molecule has 1 heterocycles. The van der Waals surface area contributed by atoms with E-state index in [0.717, 1.165) is 0 Å². The summed E-state index contributed by atoms with van der Waals surface area (Å²) in [7, 11) is 0. The summed E-state index contributed by atoms with van der Waals surface area (Å²) in [5.41, 5.74) is 2.05. The first-order valence-corrected chi connectivity index (χ1v) is 7.01. The number of carboxylic acid groups (broad SMARTS) is 1.